The third-order valence-corrected chi connectivity index (χ3v) is 7.53. The quantitative estimate of drug-likeness (QED) is 0.260. The molecule has 2 aromatic heterocycles. The first-order valence-electron chi connectivity index (χ1n) is 12.3. The number of aryl methyl sites for hydroxylation is 2. The summed E-state index contributed by atoms with van der Waals surface area (Å²) in [7, 11) is 0. The number of aromatic nitrogens is 2. The highest BCUT2D eigenvalue weighted by atomic mass is 15.0. The van der Waals surface area contributed by atoms with Gasteiger partial charge in [0, 0.05) is 38.5 Å². The van der Waals surface area contributed by atoms with Gasteiger partial charge in [-0.1, -0.05) is 85.5 Å². The molecule has 0 amide bonds. The van der Waals surface area contributed by atoms with Gasteiger partial charge in [0.1, 0.15) is 0 Å². The van der Waals surface area contributed by atoms with Crippen LogP contribution in [0.3, 0.4) is 0 Å². The number of benzene rings is 4. The van der Waals surface area contributed by atoms with Gasteiger partial charge in [0.05, 0.1) is 16.6 Å². The van der Waals surface area contributed by atoms with Gasteiger partial charge in [-0.05, 0) is 54.5 Å². The zero-order chi connectivity index (χ0) is 23.5. The van der Waals surface area contributed by atoms with Crippen molar-refractivity contribution in [1.29, 1.82) is 0 Å². The largest absolute Gasteiger partial charge is 0.357 e. The molecule has 1 aliphatic carbocycles. The summed E-state index contributed by atoms with van der Waals surface area (Å²) in [6.45, 7) is 6.13. The molecule has 168 valence electrons. The summed E-state index contributed by atoms with van der Waals surface area (Å²) >= 11 is 0. The second kappa shape index (κ2) is 7.61. The Hall–Kier alpha value is -4.30. The van der Waals surface area contributed by atoms with Crippen LogP contribution in [0.4, 0.5) is 0 Å². The highest BCUT2D eigenvalue weighted by Gasteiger charge is 2.24. The zero-order valence-electron chi connectivity index (χ0n) is 19.8. The predicted molar refractivity (Wildman–Crippen MR) is 151 cm³/mol. The van der Waals surface area contributed by atoms with Gasteiger partial charge in [0.2, 0.25) is 0 Å². The first-order valence-corrected chi connectivity index (χ1v) is 12.3. The van der Waals surface area contributed by atoms with Gasteiger partial charge in [-0.15, -0.1) is 0 Å². The van der Waals surface area contributed by atoms with Crippen LogP contribution in [0.25, 0.3) is 61.3 Å². The summed E-state index contributed by atoms with van der Waals surface area (Å²) in [5.41, 5.74) is 10.2. The minimum absolute atomic E-state index is 1.05. The van der Waals surface area contributed by atoms with E-state index in [4.69, 9.17) is 0 Å². The van der Waals surface area contributed by atoms with Crippen molar-refractivity contribution in [3.8, 4) is 5.69 Å². The SMILES string of the molecule is C=C/C=C\c1ccc2c(c1C)c1c3ccccc3c3[nH]c4c(c3c1n2-c1ccccc1)C=CCC4. The molecule has 6 aromatic rings. The van der Waals surface area contributed by atoms with Gasteiger partial charge in [0.25, 0.3) is 0 Å². The molecule has 0 spiro atoms. The summed E-state index contributed by atoms with van der Waals surface area (Å²) in [4.78, 5) is 3.84. The van der Waals surface area contributed by atoms with Crippen molar-refractivity contribution in [3.05, 3.63) is 114 Å². The summed E-state index contributed by atoms with van der Waals surface area (Å²) in [5.74, 6) is 0. The number of aromatic amines is 1. The van der Waals surface area contributed by atoms with Crippen molar-refractivity contribution in [2.24, 2.45) is 0 Å². The van der Waals surface area contributed by atoms with Crippen molar-refractivity contribution in [1.82, 2.24) is 9.55 Å². The molecule has 1 aliphatic rings. The Morgan fingerprint density at radius 2 is 1.69 bits per heavy atom. The second-order valence-electron chi connectivity index (χ2n) is 9.42. The van der Waals surface area contributed by atoms with Crippen LogP contribution in [0.1, 0.15) is 28.8 Å². The molecule has 0 fully saturated rings. The van der Waals surface area contributed by atoms with Crippen molar-refractivity contribution < 1.29 is 0 Å². The van der Waals surface area contributed by atoms with Gasteiger partial charge >= 0.3 is 0 Å². The molecule has 0 bridgehead atoms. The molecule has 2 nitrogen and oxygen atoms in total. The number of fused-ring (bicyclic) bond motifs is 10. The molecule has 4 aromatic carbocycles. The van der Waals surface area contributed by atoms with E-state index in [0.717, 1.165) is 12.8 Å². The van der Waals surface area contributed by atoms with Crippen LogP contribution < -0.4 is 0 Å². The van der Waals surface area contributed by atoms with Crippen LogP contribution in [0.2, 0.25) is 0 Å². The molecular weight excluding hydrogens is 424 g/mol. The molecule has 0 radical (unpaired) electrons. The number of hydrogen-bond acceptors (Lipinski definition) is 0. The normalized spacial score (nSPS) is 13.5. The van der Waals surface area contributed by atoms with Crippen molar-refractivity contribution in [2.75, 3.05) is 0 Å². The molecule has 0 unspecified atom stereocenters. The Kier molecular flexibility index (Phi) is 4.37. The lowest BCUT2D eigenvalue weighted by Crippen LogP contribution is -1.95. The highest BCUT2D eigenvalue weighted by Crippen LogP contribution is 2.46. The third-order valence-electron chi connectivity index (χ3n) is 7.53. The van der Waals surface area contributed by atoms with Crippen LogP contribution in [0.15, 0.2) is 91.5 Å². The average molecular weight is 451 g/mol. The number of H-pyrrole nitrogens is 1. The smallest absolute Gasteiger partial charge is 0.0647 e. The van der Waals surface area contributed by atoms with Crippen molar-refractivity contribution >= 4 is 55.6 Å². The van der Waals surface area contributed by atoms with Crippen molar-refractivity contribution in [2.45, 2.75) is 19.8 Å². The Balaban J connectivity index is 1.82. The topological polar surface area (TPSA) is 20.7 Å². The first-order chi connectivity index (χ1) is 17.3. The van der Waals surface area contributed by atoms with Crippen LogP contribution in [0, 0.1) is 6.92 Å². The fourth-order valence-corrected chi connectivity index (χ4v) is 6.01. The first kappa shape index (κ1) is 20.1. The Morgan fingerprint density at radius 3 is 2.51 bits per heavy atom. The third kappa shape index (κ3) is 2.77. The van der Waals surface area contributed by atoms with E-state index < -0.39 is 0 Å². The highest BCUT2D eigenvalue weighted by molar-refractivity contribution is 6.33. The standard InChI is InChI=1S/C33H26N2/c1-3-4-12-22-19-20-28-29(21(22)2)30-24-15-8-9-16-25(24)32-31(26-17-10-11-18-27(26)34-32)33(30)35(28)23-13-6-5-7-14-23/h3-10,12-17,19-20,34H,1,11,18H2,2H3/b12-4-. The summed E-state index contributed by atoms with van der Waals surface area (Å²) < 4.78 is 2.48. The van der Waals surface area contributed by atoms with Gasteiger partial charge < -0.3 is 9.55 Å². The molecule has 1 N–H and O–H groups in total. The minimum atomic E-state index is 1.05. The molecule has 2 heteroatoms. The molecule has 0 saturated heterocycles. The second-order valence-corrected chi connectivity index (χ2v) is 9.42. The van der Waals surface area contributed by atoms with Crippen LogP contribution in [-0.2, 0) is 6.42 Å². The number of allylic oxidation sites excluding steroid dienone is 3. The lowest BCUT2D eigenvalue weighted by molar-refractivity contribution is 0.951. The van der Waals surface area contributed by atoms with E-state index in [-0.39, 0.29) is 0 Å². The maximum absolute atomic E-state index is 3.87. The Morgan fingerprint density at radius 1 is 0.886 bits per heavy atom. The van der Waals surface area contributed by atoms with Crippen LogP contribution in [0.5, 0.6) is 0 Å². The molecular formula is C33H26N2. The molecule has 0 aliphatic heterocycles. The van der Waals surface area contributed by atoms with Gasteiger partial charge in [-0.2, -0.15) is 0 Å². The Bertz CT molecular complexity index is 1860. The van der Waals surface area contributed by atoms with Gasteiger partial charge in [0.15, 0.2) is 0 Å². The van der Waals surface area contributed by atoms with Gasteiger partial charge in [-0.3, -0.25) is 0 Å². The molecule has 2 heterocycles. The van der Waals surface area contributed by atoms with E-state index in [1.165, 1.54) is 71.6 Å². The number of rotatable bonds is 3. The fourth-order valence-electron chi connectivity index (χ4n) is 6.01. The van der Waals surface area contributed by atoms with E-state index in [2.05, 4.69) is 108 Å². The maximum atomic E-state index is 3.87. The van der Waals surface area contributed by atoms with Crippen molar-refractivity contribution in [3.63, 3.8) is 0 Å². The number of para-hydroxylation sites is 1. The van der Waals surface area contributed by atoms with Crippen LogP contribution >= 0.6 is 0 Å². The molecule has 7 rings (SSSR count). The van der Waals surface area contributed by atoms with E-state index in [1.54, 1.807) is 0 Å². The molecule has 0 saturated carbocycles. The lowest BCUT2D eigenvalue weighted by Gasteiger charge is -2.11. The molecule has 35 heavy (non-hydrogen) atoms. The Labute approximate surface area is 204 Å². The zero-order valence-corrected chi connectivity index (χ0v) is 19.8. The fraction of sp³-hybridized carbons (Fsp3) is 0.0909. The molecule has 0 atom stereocenters. The van der Waals surface area contributed by atoms with Gasteiger partial charge in [-0.25, -0.2) is 0 Å². The number of nitrogens with zero attached hydrogens (tertiary/aromatic N) is 1. The van der Waals surface area contributed by atoms with E-state index in [9.17, 15) is 0 Å². The van der Waals surface area contributed by atoms with E-state index in [0.29, 0.717) is 0 Å². The van der Waals surface area contributed by atoms with E-state index in [1.807, 2.05) is 12.2 Å². The predicted octanol–water partition coefficient (Wildman–Crippen LogP) is 8.89. The van der Waals surface area contributed by atoms with Crippen LogP contribution in [-0.4, -0.2) is 9.55 Å². The summed E-state index contributed by atoms with van der Waals surface area (Å²) in [6.07, 6.45) is 12.8. The summed E-state index contributed by atoms with van der Waals surface area (Å²) in [6, 6.07) is 24.2. The lowest BCUT2D eigenvalue weighted by atomic mass is 9.94. The number of nitrogens with one attached hydrogen (secondary N) is 1. The average Bonchev–Trinajstić information content (AvgIpc) is 3.46. The van der Waals surface area contributed by atoms with E-state index >= 15 is 0 Å². The maximum Gasteiger partial charge on any atom is 0.0647 e. The summed E-state index contributed by atoms with van der Waals surface area (Å²) in [5, 5.41) is 6.57. The number of hydrogen-bond donors (Lipinski definition) is 1. The minimum Gasteiger partial charge on any atom is -0.357 e. The monoisotopic (exact) mass is 450 g/mol.